The molecule has 2 amide bonds. The number of nitrogens with zero attached hydrogens (tertiary/aromatic N) is 1. The van der Waals surface area contributed by atoms with E-state index in [2.05, 4.69) is 20.6 Å². The number of aryl methyl sites for hydroxylation is 1. The SMILES string of the molecule is Cc1ccccc1NC(=O)C1CC(=O)Nc2nc(SCc3ccc(Cl)cc3)[nH]c(=O)c21. The minimum absolute atomic E-state index is 0.118. The summed E-state index contributed by atoms with van der Waals surface area (Å²) in [5.41, 5.74) is 2.27. The van der Waals surface area contributed by atoms with Crippen LogP contribution in [-0.4, -0.2) is 21.8 Å². The Morgan fingerprint density at radius 2 is 1.94 bits per heavy atom. The lowest BCUT2D eigenvalue weighted by Crippen LogP contribution is -2.36. The number of hydrogen-bond acceptors (Lipinski definition) is 5. The molecular formula is C22H19ClN4O3S. The van der Waals surface area contributed by atoms with Gasteiger partial charge in [0.25, 0.3) is 5.56 Å². The fourth-order valence-corrected chi connectivity index (χ4v) is 4.25. The second kappa shape index (κ2) is 8.95. The molecule has 0 aliphatic carbocycles. The maximum absolute atomic E-state index is 12.9. The highest BCUT2D eigenvalue weighted by molar-refractivity contribution is 7.98. The number of fused-ring (bicyclic) bond motifs is 1. The Labute approximate surface area is 187 Å². The highest BCUT2D eigenvalue weighted by Gasteiger charge is 2.34. The third-order valence-electron chi connectivity index (χ3n) is 4.94. The highest BCUT2D eigenvalue weighted by atomic mass is 35.5. The molecule has 3 aromatic rings. The molecule has 3 N–H and O–H groups in total. The second-order valence-electron chi connectivity index (χ2n) is 7.16. The largest absolute Gasteiger partial charge is 0.325 e. The van der Waals surface area contributed by atoms with E-state index in [4.69, 9.17) is 11.6 Å². The van der Waals surface area contributed by atoms with Gasteiger partial charge in [-0.2, -0.15) is 0 Å². The summed E-state index contributed by atoms with van der Waals surface area (Å²) < 4.78 is 0. The molecule has 158 valence electrons. The average Bonchev–Trinajstić information content (AvgIpc) is 2.74. The third kappa shape index (κ3) is 4.81. The summed E-state index contributed by atoms with van der Waals surface area (Å²) in [6.07, 6.45) is -0.118. The van der Waals surface area contributed by atoms with Crippen molar-refractivity contribution < 1.29 is 9.59 Å². The van der Waals surface area contributed by atoms with Gasteiger partial charge < -0.3 is 15.6 Å². The summed E-state index contributed by atoms with van der Waals surface area (Å²) in [4.78, 5) is 45.1. The van der Waals surface area contributed by atoms with Gasteiger partial charge in [-0.25, -0.2) is 4.98 Å². The standard InChI is InChI=1S/C22H19ClN4O3S/c1-12-4-2-3-5-16(12)24-20(29)15-10-17(28)25-19-18(15)21(30)27-22(26-19)31-11-13-6-8-14(23)9-7-13/h2-9,15H,10-11H2,1H3,(H,24,29)(H2,25,26,27,28,30). The van der Waals surface area contributed by atoms with Crippen molar-refractivity contribution in [1.29, 1.82) is 0 Å². The number of aromatic nitrogens is 2. The number of carbonyl (C=O) groups is 2. The van der Waals surface area contributed by atoms with E-state index in [1.807, 2.05) is 37.3 Å². The van der Waals surface area contributed by atoms with Gasteiger partial charge in [0.1, 0.15) is 5.82 Å². The summed E-state index contributed by atoms with van der Waals surface area (Å²) >= 11 is 7.22. The zero-order valence-electron chi connectivity index (χ0n) is 16.6. The van der Waals surface area contributed by atoms with Crippen molar-refractivity contribution in [3.63, 3.8) is 0 Å². The van der Waals surface area contributed by atoms with E-state index in [0.717, 1.165) is 11.1 Å². The lowest BCUT2D eigenvalue weighted by Gasteiger charge is -2.23. The van der Waals surface area contributed by atoms with Crippen molar-refractivity contribution in [3.8, 4) is 0 Å². The van der Waals surface area contributed by atoms with Crippen molar-refractivity contribution in [2.24, 2.45) is 0 Å². The van der Waals surface area contributed by atoms with Gasteiger partial charge in [0.15, 0.2) is 5.16 Å². The summed E-state index contributed by atoms with van der Waals surface area (Å²) in [7, 11) is 0. The summed E-state index contributed by atoms with van der Waals surface area (Å²) in [5, 5.41) is 6.45. The van der Waals surface area contributed by atoms with Crippen LogP contribution in [0.2, 0.25) is 5.02 Å². The minimum atomic E-state index is -0.921. The molecule has 1 aromatic heterocycles. The van der Waals surface area contributed by atoms with E-state index in [1.165, 1.54) is 11.8 Å². The van der Waals surface area contributed by atoms with Crippen molar-refractivity contribution in [2.45, 2.75) is 30.2 Å². The maximum Gasteiger partial charge on any atom is 0.257 e. The summed E-state index contributed by atoms with van der Waals surface area (Å²) in [6, 6.07) is 14.7. The number of aromatic amines is 1. The minimum Gasteiger partial charge on any atom is -0.325 e. The van der Waals surface area contributed by atoms with E-state index in [-0.39, 0.29) is 23.7 Å². The fourth-order valence-electron chi connectivity index (χ4n) is 3.31. The molecule has 1 aliphatic heterocycles. The molecule has 2 heterocycles. The van der Waals surface area contributed by atoms with Crippen molar-refractivity contribution in [2.75, 3.05) is 10.6 Å². The first-order valence-electron chi connectivity index (χ1n) is 9.58. The molecule has 0 bridgehead atoms. The Balaban J connectivity index is 1.58. The van der Waals surface area contributed by atoms with Crippen LogP contribution in [0.15, 0.2) is 58.5 Å². The van der Waals surface area contributed by atoms with Crippen LogP contribution in [0, 0.1) is 6.92 Å². The lowest BCUT2D eigenvalue weighted by molar-refractivity contribution is -0.123. The van der Waals surface area contributed by atoms with Crippen LogP contribution in [0.3, 0.4) is 0 Å². The number of thioether (sulfide) groups is 1. The summed E-state index contributed by atoms with van der Waals surface area (Å²) in [5.74, 6) is -1.01. The van der Waals surface area contributed by atoms with Crippen LogP contribution in [0.5, 0.6) is 0 Å². The predicted molar refractivity (Wildman–Crippen MR) is 122 cm³/mol. The topological polar surface area (TPSA) is 104 Å². The summed E-state index contributed by atoms with van der Waals surface area (Å²) in [6.45, 7) is 1.87. The number of anilines is 2. The smallest absolute Gasteiger partial charge is 0.257 e. The zero-order chi connectivity index (χ0) is 22.0. The van der Waals surface area contributed by atoms with Crippen molar-refractivity contribution >= 4 is 46.7 Å². The molecule has 1 aliphatic rings. The number of halogens is 1. The van der Waals surface area contributed by atoms with Gasteiger partial charge in [0, 0.05) is 22.9 Å². The van der Waals surface area contributed by atoms with Crippen LogP contribution >= 0.6 is 23.4 Å². The van der Waals surface area contributed by atoms with Crippen molar-refractivity contribution in [3.05, 3.63) is 80.6 Å². The fraction of sp³-hybridized carbons (Fsp3) is 0.182. The monoisotopic (exact) mass is 454 g/mol. The molecule has 1 atom stereocenters. The van der Waals surface area contributed by atoms with Gasteiger partial charge in [-0.1, -0.05) is 53.7 Å². The molecular weight excluding hydrogens is 436 g/mol. The molecule has 0 spiro atoms. The van der Waals surface area contributed by atoms with Crippen molar-refractivity contribution in [1.82, 2.24) is 9.97 Å². The molecule has 9 heteroatoms. The van der Waals surface area contributed by atoms with E-state index < -0.39 is 17.4 Å². The van der Waals surface area contributed by atoms with Gasteiger partial charge >= 0.3 is 0 Å². The quantitative estimate of drug-likeness (QED) is 0.398. The number of H-pyrrole nitrogens is 1. The molecule has 1 unspecified atom stereocenters. The highest BCUT2D eigenvalue weighted by Crippen LogP contribution is 2.31. The zero-order valence-corrected chi connectivity index (χ0v) is 18.1. The number of hydrogen-bond donors (Lipinski definition) is 3. The van der Waals surface area contributed by atoms with Gasteiger partial charge in [-0.05, 0) is 36.2 Å². The number of nitrogens with one attached hydrogen (secondary N) is 3. The Kier molecular flexibility index (Phi) is 6.11. The first kappa shape index (κ1) is 21.1. The molecule has 4 rings (SSSR count). The average molecular weight is 455 g/mol. The van der Waals surface area contributed by atoms with Crippen LogP contribution < -0.4 is 16.2 Å². The molecule has 0 saturated carbocycles. The second-order valence-corrected chi connectivity index (χ2v) is 8.56. The van der Waals surface area contributed by atoms with Crippen LogP contribution in [0.4, 0.5) is 11.5 Å². The third-order valence-corrected chi connectivity index (χ3v) is 6.13. The molecule has 0 saturated heterocycles. The first-order chi connectivity index (χ1) is 14.9. The van der Waals surface area contributed by atoms with E-state index in [9.17, 15) is 14.4 Å². The van der Waals surface area contributed by atoms with Crippen LogP contribution in [0.1, 0.15) is 29.0 Å². The lowest BCUT2D eigenvalue weighted by atomic mass is 9.92. The van der Waals surface area contributed by atoms with E-state index >= 15 is 0 Å². The Bertz CT molecular complexity index is 1210. The van der Waals surface area contributed by atoms with Gasteiger partial charge in [-0.3, -0.25) is 14.4 Å². The number of rotatable bonds is 5. The van der Waals surface area contributed by atoms with E-state index in [0.29, 0.717) is 21.6 Å². The first-order valence-corrected chi connectivity index (χ1v) is 10.9. The van der Waals surface area contributed by atoms with Crippen LogP contribution in [-0.2, 0) is 15.3 Å². The predicted octanol–water partition coefficient (Wildman–Crippen LogP) is 4.09. The van der Waals surface area contributed by atoms with Gasteiger partial charge in [0.2, 0.25) is 11.8 Å². The van der Waals surface area contributed by atoms with Gasteiger partial charge in [0.05, 0.1) is 11.5 Å². The molecule has 2 aromatic carbocycles. The molecule has 7 nitrogen and oxygen atoms in total. The molecule has 0 radical (unpaired) electrons. The maximum atomic E-state index is 12.9. The number of carbonyl (C=O) groups excluding carboxylic acids is 2. The Morgan fingerprint density at radius 3 is 2.68 bits per heavy atom. The molecule has 31 heavy (non-hydrogen) atoms. The van der Waals surface area contributed by atoms with E-state index in [1.54, 1.807) is 18.2 Å². The Morgan fingerprint density at radius 1 is 1.19 bits per heavy atom. The Hall–Kier alpha value is -3.10. The molecule has 0 fully saturated rings. The number of amides is 2. The van der Waals surface area contributed by atoms with Gasteiger partial charge in [-0.15, -0.1) is 0 Å². The normalized spacial score (nSPS) is 15.2. The number of benzene rings is 2. The number of para-hydroxylation sites is 1. The van der Waals surface area contributed by atoms with Crippen LogP contribution in [0.25, 0.3) is 0 Å².